The molecule has 0 radical (unpaired) electrons. The van der Waals surface area contributed by atoms with Crippen LogP contribution in [0.1, 0.15) is 6.92 Å². The molecule has 7 heavy (non-hydrogen) atoms. The summed E-state index contributed by atoms with van der Waals surface area (Å²) in [6.45, 7) is 2.07. The average Bonchev–Trinajstić information content (AvgIpc) is 2.17. The number of nitrogens with zero attached hydrogens (tertiary/aromatic N) is 1. The normalized spacial score (nSPS) is 39.4. The molecular weight excluding hydrogens is 90.1 g/mol. The molecule has 0 N–H and O–H groups in total. The van der Waals surface area contributed by atoms with E-state index in [0.29, 0.717) is 12.3 Å². The van der Waals surface area contributed by atoms with E-state index in [2.05, 4.69) is 11.8 Å². The lowest BCUT2D eigenvalue weighted by Crippen LogP contribution is -2.16. The van der Waals surface area contributed by atoms with Gasteiger partial charge < -0.3 is 4.74 Å². The zero-order valence-corrected chi connectivity index (χ0v) is 5.01. The van der Waals surface area contributed by atoms with Crippen molar-refractivity contribution < 1.29 is 4.74 Å². The molecule has 1 saturated heterocycles. The van der Waals surface area contributed by atoms with Crippen LogP contribution in [0.4, 0.5) is 0 Å². The molecule has 1 aliphatic rings. The predicted molar refractivity (Wildman–Crippen MR) is 28.0 cm³/mol. The monoisotopic (exact) mass is 101 g/mol. The Hall–Kier alpha value is -0.0800. The number of rotatable bonds is 1. The second-order valence-corrected chi connectivity index (χ2v) is 2.20. The lowest BCUT2D eigenvalue weighted by Gasteiger charge is -2.01. The number of hydrogen-bond acceptors (Lipinski definition) is 2. The van der Waals surface area contributed by atoms with Crippen LogP contribution < -0.4 is 0 Å². The Bertz CT molecular complexity index is 72.5. The summed E-state index contributed by atoms with van der Waals surface area (Å²) in [6, 6.07) is 0. The first kappa shape index (κ1) is 5.06. The summed E-state index contributed by atoms with van der Waals surface area (Å²) in [7, 11) is 4.04. The molecule has 1 aliphatic heterocycles. The van der Waals surface area contributed by atoms with Crippen molar-refractivity contribution in [1.29, 1.82) is 0 Å². The highest BCUT2D eigenvalue weighted by atomic mass is 16.6. The van der Waals surface area contributed by atoms with Crippen LogP contribution in [0.15, 0.2) is 0 Å². The van der Waals surface area contributed by atoms with Gasteiger partial charge in [0, 0.05) is 0 Å². The van der Waals surface area contributed by atoms with E-state index in [4.69, 9.17) is 4.74 Å². The molecule has 0 aromatic carbocycles. The van der Waals surface area contributed by atoms with E-state index in [1.165, 1.54) is 0 Å². The summed E-state index contributed by atoms with van der Waals surface area (Å²) in [5, 5.41) is 0. The fraction of sp³-hybridized carbons (Fsp3) is 1.00. The largest absolute Gasteiger partial charge is 0.353 e. The first-order valence-corrected chi connectivity index (χ1v) is 2.53. The van der Waals surface area contributed by atoms with E-state index in [1.807, 2.05) is 14.1 Å². The van der Waals surface area contributed by atoms with Gasteiger partial charge in [0.15, 0.2) is 0 Å². The molecule has 0 spiro atoms. The first-order valence-electron chi connectivity index (χ1n) is 2.53. The Morgan fingerprint density at radius 3 is 1.86 bits per heavy atom. The molecule has 42 valence electrons. The van der Waals surface area contributed by atoms with Gasteiger partial charge in [0.2, 0.25) is 0 Å². The predicted octanol–water partition coefficient (Wildman–Crippen LogP) is 0.293. The Balaban J connectivity index is 2.20. The Morgan fingerprint density at radius 1 is 1.43 bits per heavy atom. The molecular formula is C5H11NO. The van der Waals surface area contributed by atoms with Gasteiger partial charge in [-0.25, -0.2) is 0 Å². The summed E-state index contributed by atoms with van der Waals surface area (Å²) < 4.78 is 5.10. The van der Waals surface area contributed by atoms with Gasteiger partial charge in [0.1, 0.15) is 6.23 Å². The van der Waals surface area contributed by atoms with E-state index in [0.717, 1.165) is 0 Å². The van der Waals surface area contributed by atoms with Crippen LogP contribution in [0.2, 0.25) is 0 Å². The van der Waals surface area contributed by atoms with Gasteiger partial charge in [0.05, 0.1) is 6.10 Å². The van der Waals surface area contributed by atoms with Crippen LogP contribution in [-0.2, 0) is 4.74 Å². The van der Waals surface area contributed by atoms with Crippen LogP contribution in [0.25, 0.3) is 0 Å². The smallest absolute Gasteiger partial charge is 0.136 e. The maximum absolute atomic E-state index is 5.10. The van der Waals surface area contributed by atoms with Gasteiger partial charge in [-0.05, 0) is 21.0 Å². The maximum Gasteiger partial charge on any atom is 0.136 e. The van der Waals surface area contributed by atoms with Gasteiger partial charge in [-0.2, -0.15) is 0 Å². The minimum atomic E-state index is 0.403. The summed E-state index contributed by atoms with van der Waals surface area (Å²) in [5.41, 5.74) is 0. The molecule has 2 nitrogen and oxygen atoms in total. The van der Waals surface area contributed by atoms with Gasteiger partial charge in [0.25, 0.3) is 0 Å². The topological polar surface area (TPSA) is 15.8 Å². The Kier molecular flexibility index (Phi) is 1.05. The zero-order chi connectivity index (χ0) is 5.44. The molecule has 0 amide bonds. The van der Waals surface area contributed by atoms with Crippen molar-refractivity contribution in [1.82, 2.24) is 4.90 Å². The molecule has 2 atom stereocenters. The van der Waals surface area contributed by atoms with E-state index < -0.39 is 0 Å². The second-order valence-electron chi connectivity index (χ2n) is 2.20. The van der Waals surface area contributed by atoms with Crippen LogP contribution in [0.5, 0.6) is 0 Å². The standard InChI is InChI=1S/C5H11NO/c1-4-5(7-4)6(2)3/h4-5H,1-3H3/t4-,5?/m0/s1. The summed E-state index contributed by atoms with van der Waals surface area (Å²) in [6.07, 6.45) is 0.870. The van der Waals surface area contributed by atoms with Gasteiger partial charge in [-0.3, -0.25) is 4.90 Å². The SMILES string of the molecule is C[C@@H]1OC1N(C)C. The molecule has 0 aromatic heterocycles. The summed E-state index contributed by atoms with van der Waals surface area (Å²) >= 11 is 0. The fourth-order valence-electron chi connectivity index (χ4n) is 0.716. The third-order valence-electron chi connectivity index (χ3n) is 1.19. The molecule has 1 fully saturated rings. The maximum atomic E-state index is 5.10. The van der Waals surface area contributed by atoms with Crippen molar-refractivity contribution in [2.45, 2.75) is 19.3 Å². The molecule has 0 saturated carbocycles. The number of hydrogen-bond donors (Lipinski definition) is 0. The van der Waals surface area contributed by atoms with Crippen molar-refractivity contribution in [2.24, 2.45) is 0 Å². The quantitative estimate of drug-likeness (QED) is 0.441. The third kappa shape index (κ3) is 0.924. The van der Waals surface area contributed by atoms with Crippen molar-refractivity contribution in [3.63, 3.8) is 0 Å². The van der Waals surface area contributed by atoms with Crippen LogP contribution in [-0.4, -0.2) is 31.3 Å². The molecule has 0 bridgehead atoms. The second kappa shape index (κ2) is 1.46. The van der Waals surface area contributed by atoms with Crippen LogP contribution >= 0.6 is 0 Å². The van der Waals surface area contributed by atoms with Crippen LogP contribution in [0.3, 0.4) is 0 Å². The van der Waals surface area contributed by atoms with Crippen molar-refractivity contribution in [2.75, 3.05) is 14.1 Å². The highest BCUT2D eigenvalue weighted by Gasteiger charge is 2.35. The molecule has 1 unspecified atom stereocenters. The zero-order valence-electron chi connectivity index (χ0n) is 5.01. The number of epoxide rings is 1. The number of likely N-dealkylation sites (N-methyl/N-ethyl adjacent to an activating group) is 1. The van der Waals surface area contributed by atoms with Crippen molar-refractivity contribution >= 4 is 0 Å². The molecule has 0 aromatic rings. The van der Waals surface area contributed by atoms with Crippen LogP contribution in [0, 0.1) is 0 Å². The fourth-order valence-corrected chi connectivity index (χ4v) is 0.716. The molecule has 0 aliphatic carbocycles. The number of ether oxygens (including phenoxy) is 1. The van der Waals surface area contributed by atoms with E-state index in [1.54, 1.807) is 0 Å². The highest BCUT2D eigenvalue weighted by molar-refractivity contribution is 4.76. The minimum Gasteiger partial charge on any atom is -0.353 e. The van der Waals surface area contributed by atoms with E-state index in [9.17, 15) is 0 Å². The lowest BCUT2D eigenvalue weighted by atomic mass is 10.5. The molecule has 1 heterocycles. The Morgan fingerprint density at radius 2 is 1.86 bits per heavy atom. The summed E-state index contributed by atoms with van der Waals surface area (Å²) in [4.78, 5) is 2.07. The third-order valence-corrected chi connectivity index (χ3v) is 1.19. The minimum absolute atomic E-state index is 0.403. The van der Waals surface area contributed by atoms with Crippen molar-refractivity contribution in [3.8, 4) is 0 Å². The molecule has 2 heteroatoms. The van der Waals surface area contributed by atoms with E-state index >= 15 is 0 Å². The average molecular weight is 101 g/mol. The summed E-state index contributed by atoms with van der Waals surface area (Å²) in [5.74, 6) is 0. The lowest BCUT2D eigenvalue weighted by molar-refractivity contribution is 0.245. The van der Waals surface area contributed by atoms with Crippen molar-refractivity contribution in [3.05, 3.63) is 0 Å². The van der Waals surface area contributed by atoms with Gasteiger partial charge in [-0.15, -0.1) is 0 Å². The molecule has 1 rings (SSSR count). The van der Waals surface area contributed by atoms with Gasteiger partial charge >= 0.3 is 0 Å². The highest BCUT2D eigenvalue weighted by Crippen LogP contribution is 2.21. The Labute approximate surface area is 44.1 Å². The first-order chi connectivity index (χ1) is 3.22. The van der Waals surface area contributed by atoms with E-state index in [-0.39, 0.29) is 0 Å². The van der Waals surface area contributed by atoms with Gasteiger partial charge in [-0.1, -0.05) is 0 Å².